The molecule has 0 amide bonds. The van der Waals surface area contributed by atoms with E-state index in [0.717, 1.165) is 24.2 Å². The molecule has 1 heterocycles. The molecule has 0 fully saturated rings. The molecule has 0 saturated heterocycles. The monoisotopic (exact) mass is 308 g/mol. The van der Waals surface area contributed by atoms with Crippen LogP contribution in [0, 0.1) is 6.92 Å². The van der Waals surface area contributed by atoms with Gasteiger partial charge in [0.15, 0.2) is 0 Å². The Kier molecular flexibility index (Phi) is 5.41. The van der Waals surface area contributed by atoms with Crippen LogP contribution in [0.1, 0.15) is 29.8 Å². The van der Waals surface area contributed by atoms with E-state index in [1.807, 2.05) is 37.4 Å². The molecule has 0 saturated carbocycles. The molecule has 0 aliphatic heterocycles. The first kappa shape index (κ1) is 15.3. The topological polar surface area (TPSA) is 24.9 Å². The van der Waals surface area contributed by atoms with E-state index in [0.29, 0.717) is 10.0 Å². The predicted molar refractivity (Wildman–Crippen MR) is 85.6 cm³/mol. The summed E-state index contributed by atoms with van der Waals surface area (Å²) < 4.78 is 0. The van der Waals surface area contributed by atoms with E-state index in [1.54, 1.807) is 0 Å². The van der Waals surface area contributed by atoms with Gasteiger partial charge in [0.05, 0.1) is 10.0 Å². The maximum atomic E-state index is 6.09. The molecule has 0 spiro atoms. The Hall–Kier alpha value is -1.09. The summed E-state index contributed by atoms with van der Waals surface area (Å²) in [5.41, 5.74) is 3.44. The second kappa shape index (κ2) is 7.07. The molecule has 4 heteroatoms. The van der Waals surface area contributed by atoms with Gasteiger partial charge in [0.25, 0.3) is 0 Å². The summed E-state index contributed by atoms with van der Waals surface area (Å²) in [5, 5.41) is 4.70. The van der Waals surface area contributed by atoms with Crippen molar-refractivity contribution < 1.29 is 0 Å². The van der Waals surface area contributed by atoms with Gasteiger partial charge < -0.3 is 5.32 Å². The van der Waals surface area contributed by atoms with E-state index >= 15 is 0 Å². The van der Waals surface area contributed by atoms with Crippen molar-refractivity contribution in [3.05, 3.63) is 63.4 Å². The number of halogens is 2. The van der Waals surface area contributed by atoms with Gasteiger partial charge in [0.1, 0.15) is 0 Å². The molecule has 0 aliphatic carbocycles. The summed E-state index contributed by atoms with van der Waals surface area (Å²) >= 11 is 12.0. The SMILES string of the molecule is CCNC(Cc1ccc(Cl)c(Cl)c1)c1cccnc1C. The predicted octanol–water partition coefficient (Wildman–Crippen LogP) is 4.59. The number of aromatic nitrogens is 1. The number of hydrogen-bond donors (Lipinski definition) is 1. The zero-order chi connectivity index (χ0) is 14.5. The molecule has 2 nitrogen and oxygen atoms in total. The Morgan fingerprint density at radius 3 is 2.65 bits per heavy atom. The van der Waals surface area contributed by atoms with Gasteiger partial charge in [-0.15, -0.1) is 0 Å². The molecule has 0 radical (unpaired) electrons. The van der Waals surface area contributed by atoms with Gasteiger partial charge in [-0.05, 0) is 49.2 Å². The van der Waals surface area contributed by atoms with E-state index in [4.69, 9.17) is 23.2 Å². The molecule has 106 valence electrons. The zero-order valence-electron chi connectivity index (χ0n) is 11.7. The fourth-order valence-electron chi connectivity index (χ4n) is 2.31. The summed E-state index contributed by atoms with van der Waals surface area (Å²) in [5.74, 6) is 0. The fraction of sp³-hybridized carbons (Fsp3) is 0.312. The third-order valence-electron chi connectivity index (χ3n) is 3.30. The second-order valence-electron chi connectivity index (χ2n) is 4.74. The number of benzene rings is 1. The first-order valence-electron chi connectivity index (χ1n) is 6.70. The number of nitrogens with zero attached hydrogens (tertiary/aromatic N) is 1. The van der Waals surface area contributed by atoms with Crippen LogP contribution in [0.5, 0.6) is 0 Å². The largest absolute Gasteiger partial charge is 0.310 e. The Labute approximate surface area is 130 Å². The Balaban J connectivity index is 2.25. The summed E-state index contributed by atoms with van der Waals surface area (Å²) in [6.07, 6.45) is 2.68. The normalized spacial score (nSPS) is 12.4. The van der Waals surface area contributed by atoms with E-state index in [9.17, 15) is 0 Å². The van der Waals surface area contributed by atoms with Crippen molar-refractivity contribution in [2.45, 2.75) is 26.3 Å². The first-order valence-corrected chi connectivity index (χ1v) is 7.46. The van der Waals surface area contributed by atoms with Crippen molar-refractivity contribution >= 4 is 23.2 Å². The third kappa shape index (κ3) is 3.72. The zero-order valence-corrected chi connectivity index (χ0v) is 13.2. The fourth-order valence-corrected chi connectivity index (χ4v) is 2.63. The Morgan fingerprint density at radius 2 is 2.00 bits per heavy atom. The summed E-state index contributed by atoms with van der Waals surface area (Å²) in [4.78, 5) is 4.37. The number of pyridine rings is 1. The van der Waals surface area contributed by atoms with Crippen LogP contribution in [0.3, 0.4) is 0 Å². The van der Waals surface area contributed by atoms with Crippen molar-refractivity contribution in [2.75, 3.05) is 6.54 Å². The lowest BCUT2D eigenvalue weighted by molar-refractivity contribution is 0.545. The highest BCUT2D eigenvalue weighted by Gasteiger charge is 2.14. The van der Waals surface area contributed by atoms with Crippen LogP contribution in [0.4, 0.5) is 0 Å². The van der Waals surface area contributed by atoms with Crippen molar-refractivity contribution in [1.82, 2.24) is 10.3 Å². The second-order valence-corrected chi connectivity index (χ2v) is 5.56. The molecule has 2 aromatic rings. The average molecular weight is 309 g/mol. The van der Waals surface area contributed by atoms with Crippen molar-refractivity contribution in [3.63, 3.8) is 0 Å². The molecule has 1 aromatic carbocycles. The molecular weight excluding hydrogens is 291 g/mol. The van der Waals surface area contributed by atoms with Crippen LogP contribution in [-0.4, -0.2) is 11.5 Å². The van der Waals surface area contributed by atoms with Gasteiger partial charge in [-0.25, -0.2) is 0 Å². The summed E-state index contributed by atoms with van der Waals surface area (Å²) in [7, 11) is 0. The highest BCUT2D eigenvalue weighted by Crippen LogP contribution is 2.26. The maximum Gasteiger partial charge on any atom is 0.0595 e. The quantitative estimate of drug-likeness (QED) is 0.874. The number of aryl methyl sites for hydroxylation is 1. The van der Waals surface area contributed by atoms with Gasteiger partial charge in [0.2, 0.25) is 0 Å². The minimum Gasteiger partial charge on any atom is -0.310 e. The lowest BCUT2D eigenvalue weighted by Crippen LogP contribution is -2.24. The molecule has 0 bridgehead atoms. The number of likely N-dealkylation sites (N-methyl/N-ethyl adjacent to an activating group) is 1. The van der Waals surface area contributed by atoms with E-state index in [2.05, 4.69) is 23.3 Å². The van der Waals surface area contributed by atoms with Crippen LogP contribution in [0.15, 0.2) is 36.5 Å². The molecule has 1 aromatic heterocycles. The highest BCUT2D eigenvalue weighted by atomic mass is 35.5. The average Bonchev–Trinajstić information content (AvgIpc) is 2.43. The maximum absolute atomic E-state index is 6.09. The Morgan fingerprint density at radius 1 is 1.20 bits per heavy atom. The van der Waals surface area contributed by atoms with Crippen molar-refractivity contribution in [2.24, 2.45) is 0 Å². The first-order chi connectivity index (χ1) is 9.61. The van der Waals surface area contributed by atoms with Gasteiger partial charge in [-0.1, -0.05) is 42.3 Å². The lowest BCUT2D eigenvalue weighted by Gasteiger charge is -2.20. The number of hydrogen-bond acceptors (Lipinski definition) is 2. The molecule has 1 unspecified atom stereocenters. The molecule has 20 heavy (non-hydrogen) atoms. The van der Waals surface area contributed by atoms with Gasteiger partial charge in [0, 0.05) is 17.9 Å². The van der Waals surface area contributed by atoms with Crippen LogP contribution in [0.25, 0.3) is 0 Å². The van der Waals surface area contributed by atoms with Crippen LogP contribution in [-0.2, 0) is 6.42 Å². The standard InChI is InChI=1S/C16H18Cl2N2/c1-3-19-16(13-5-4-8-20-11(13)2)10-12-6-7-14(17)15(18)9-12/h4-9,16,19H,3,10H2,1-2H3. The molecule has 2 rings (SSSR count). The number of nitrogens with one attached hydrogen (secondary N) is 1. The summed E-state index contributed by atoms with van der Waals surface area (Å²) in [6, 6.07) is 10.1. The minimum absolute atomic E-state index is 0.228. The molecule has 0 aliphatic rings. The van der Waals surface area contributed by atoms with Gasteiger partial charge in [-0.3, -0.25) is 4.98 Å². The van der Waals surface area contributed by atoms with Crippen LogP contribution in [0.2, 0.25) is 10.0 Å². The lowest BCUT2D eigenvalue weighted by atomic mass is 9.98. The van der Waals surface area contributed by atoms with Gasteiger partial charge >= 0.3 is 0 Å². The van der Waals surface area contributed by atoms with Crippen molar-refractivity contribution in [3.8, 4) is 0 Å². The molecular formula is C16H18Cl2N2. The molecule has 1 N–H and O–H groups in total. The summed E-state index contributed by atoms with van der Waals surface area (Å²) in [6.45, 7) is 5.04. The van der Waals surface area contributed by atoms with Crippen molar-refractivity contribution in [1.29, 1.82) is 0 Å². The van der Waals surface area contributed by atoms with E-state index < -0.39 is 0 Å². The molecule has 1 atom stereocenters. The smallest absolute Gasteiger partial charge is 0.0595 e. The number of rotatable bonds is 5. The van der Waals surface area contributed by atoms with Gasteiger partial charge in [-0.2, -0.15) is 0 Å². The van der Waals surface area contributed by atoms with Crippen LogP contribution >= 0.6 is 23.2 Å². The minimum atomic E-state index is 0.228. The van der Waals surface area contributed by atoms with Crippen LogP contribution < -0.4 is 5.32 Å². The highest BCUT2D eigenvalue weighted by molar-refractivity contribution is 6.42. The third-order valence-corrected chi connectivity index (χ3v) is 4.04. The van der Waals surface area contributed by atoms with E-state index in [1.165, 1.54) is 5.56 Å². The van der Waals surface area contributed by atoms with E-state index in [-0.39, 0.29) is 6.04 Å². The Bertz CT molecular complexity index is 584.